The summed E-state index contributed by atoms with van der Waals surface area (Å²) >= 11 is 0. The van der Waals surface area contributed by atoms with E-state index in [-0.39, 0.29) is 18.6 Å². The van der Waals surface area contributed by atoms with E-state index >= 15 is 0 Å². The monoisotopic (exact) mass is 346 g/mol. The van der Waals surface area contributed by atoms with Gasteiger partial charge >= 0.3 is 5.97 Å². The number of aromatic amines is 1. The van der Waals surface area contributed by atoms with Crippen LogP contribution in [0.1, 0.15) is 37.6 Å². The molecule has 1 aromatic heterocycles. The predicted octanol–water partition coefficient (Wildman–Crippen LogP) is 1.92. The standard InChI is InChI=1S/C18H22N2O5/c1-18(2,3)25-9-8-14(17(23)24)20-16(22)12-10-15(21)19-13-7-5-4-6-11(12)13/h4-7,10,14H,8-9H2,1-3H3,(H,19,21)(H,20,22)(H,23,24). The third-order valence-electron chi connectivity index (χ3n) is 3.54. The van der Waals surface area contributed by atoms with Gasteiger partial charge in [-0.2, -0.15) is 0 Å². The van der Waals surface area contributed by atoms with Crippen molar-refractivity contribution in [1.29, 1.82) is 0 Å². The second-order valence-corrected chi connectivity index (χ2v) is 6.71. The van der Waals surface area contributed by atoms with Crippen LogP contribution in [-0.2, 0) is 9.53 Å². The molecule has 0 saturated heterocycles. The Morgan fingerprint density at radius 1 is 1.28 bits per heavy atom. The summed E-state index contributed by atoms with van der Waals surface area (Å²) in [5.74, 6) is -1.76. The van der Waals surface area contributed by atoms with Gasteiger partial charge in [0, 0.05) is 30.0 Å². The summed E-state index contributed by atoms with van der Waals surface area (Å²) in [4.78, 5) is 38.3. The van der Waals surface area contributed by atoms with E-state index in [4.69, 9.17) is 4.74 Å². The number of aliphatic carboxylic acids is 1. The SMILES string of the molecule is CC(C)(C)OCCC(NC(=O)c1cc(=O)[nH]c2ccccc12)C(=O)O. The molecule has 0 saturated carbocycles. The number of hydrogen-bond acceptors (Lipinski definition) is 4. The van der Waals surface area contributed by atoms with Gasteiger partial charge in [-0.15, -0.1) is 0 Å². The lowest BCUT2D eigenvalue weighted by Crippen LogP contribution is -2.42. The number of carbonyl (C=O) groups is 2. The van der Waals surface area contributed by atoms with E-state index in [2.05, 4.69) is 10.3 Å². The molecular weight excluding hydrogens is 324 g/mol. The molecule has 7 nitrogen and oxygen atoms in total. The molecule has 1 amide bonds. The first-order valence-electron chi connectivity index (χ1n) is 7.97. The lowest BCUT2D eigenvalue weighted by Gasteiger charge is -2.21. The van der Waals surface area contributed by atoms with Crippen molar-refractivity contribution in [2.24, 2.45) is 0 Å². The molecule has 0 spiro atoms. The quantitative estimate of drug-likeness (QED) is 0.740. The van der Waals surface area contributed by atoms with Crippen molar-refractivity contribution in [3.63, 3.8) is 0 Å². The Labute approximate surface area is 145 Å². The van der Waals surface area contributed by atoms with Crippen LogP contribution in [0.4, 0.5) is 0 Å². The minimum atomic E-state index is -1.15. The van der Waals surface area contributed by atoms with Crippen molar-refractivity contribution >= 4 is 22.8 Å². The van der Waals surface area contributed by atoms with E-state index in [0.29, 0.717) is 10.9 Å². The number of fused-ring (bicyclic) bond motifs is 1. The molecule has 1 heterocycles. The molecule has 134 valence electrons. The van der Waals surface area contributed by atoms with Crippen molar-refractivity contribution in [3.8, 4) is 0 Å². The Hall–Kier alpha value is -2.67. The van der Waals surface area contributed by atoms with Crippen LogP contribution in [0.25, 0.3) is 10.9 Å². The van der Waals surface area contributed by atoms with Crippen molar-refractivity contribution in [3.05, 3.63) is 46.2 Å². The Bertz CT molecular complexity index is 835. The smallest absolute Gasteiger partial charge is 0.326 e. The van der Waals surface area contributed by atoms with Crippen LogP contribution < -0.4 is 10.9 Å². The van der Waals surface area contributed by atoms with Crippen LogP contribution in [0.5, 0.6) is 0 Å². The number of carboxylic acid groups (broad SMARTS) is 1. The number of carboxylic acids is 1. The molecule has 0 fully saturated rings. The lowest BCUT2D eigenvalue weighted by molar-refractivity contribution is -0.140. The molecule has 2 aromatic rings. The highest BCUT2D eigenvalue weighted by molar-refractivity contribution is 6.06. The maximum Gasteiger partial charge on any atom is 0.326 e. The predicted molar refractivity (Wildman–Crippen MR) is 93.8 cm³/mol. The Balaban J connectivity index is 2.19. The molecule has 0 aliphatic heterocycles. The van der Waals surface area contributed by atoms with Crippen molar-refractivity contribution in [2.45, 2.75) is 38.8 Å². The second-order valence-electron chi connectivity index (χ2n) is 6.71. The zero-order chi connectivity index (χ0) is 18.6. The maximum absolute atomic E-state index is 12.5. The number of benzene rings is 1. The summed E-state index contributed by atoms with van der Waals surface area (Å²) in [6, 6.07) is 6.92. The first-order chi connectivity index (χ1) is 11.7. The minimum absolute atomic E-state index is 0.124. The first-order valence-corrected chi connectivity index (χ1v) is 7.97. The normalized spacial score (nSPS) is 12.8. The Morgan fingerprint density at radius 3 is 2.60 bits per heavy atom. The first kappa shape index (κ1) is 18.7. The van der Waals surface area contributed by atoms with Gasteiger partial charge in [-0.1, -0.05) is 18.2 Å². The number of hydrogen-bond donors (Lipinski definition) is 3. The molecule has 3 N–H and O–H groups in total. The van der Waals surface area contributed by atoms with Crippen LogP contribution in [0, 0.1) is 0 Å². The Morgan fingerprint density at radius 2 is 1.96 bits per heavy atom. The van der Waals surface area contributed by atoms with Gasteiger partial charge in [-0.25, -0.2) is 4.79 Å². The summed E-state index contributed by atoms with van der Waals surface area (Å²) in [6.07, 6.45) is 0.124. The van der Waals surface area contributed by atoms with Gasteiger partial charge in [0.1, 0.15) is 6.04 Å². The van der Waals surface area contributed by atoms with Gasteiger partial charge in [0.2, 0.25) is 5.56 Å². The number of nitrogens with one attached hydrogen (secondary N) is 2. The molecule has 1 unspecified atom stereocenters. The van der Waals surface area contributed by atoms with E-state index < -0.39 is 29.1 Å². The molecule has 25 heavy (non-hydrogen) atoms. The van der Waals surface area contributed by atoms with Crippen molar-refractivity contribution in [1.82, 2.24) is 10.3 Å². The van der Waals surface area contributed by atoms with Gasteiger partial charge in [0.25, 0.3) is 5.91 Å². The van der Waals surface area contributed by atoms with Crippen molar-refractivity contribution in [2.75, 3.05) is 6.61 Å². The third-order valence-corrected chi connectivity index (χ3v) is 3.54. The summed E-state index contributed by atoms with van der Waals surface area (Å²) in [7, 11) is 0. The molecule has 0 bridgehead atoms. The third kappa shape index (κ3) is 5.15. The zero-order valence-corrected chi connectivity index (χ0v) is 14.5. The summed E-state index contributed by atoms with van der Waals surface area (Å²) in [5.41, 5.74) is -0.159. The molecule has 0 aliphatic carbocycles. The Kier molecular flexibility index (Phi) is 5.58. The summed E-state index contributed by atoms with van der Waals surface area (Å²) in [6.45, 7) is 5.79. The number of aromatic nitrogens is 1. The van der Waals surface area contributed by atoms with E-state index in [1.807, 2.05) is 20.8 Å². The van der Waals surface area contributed by atoms with Crippen LogP contribution >= 0.6 is 0 Å². The van der Waals surface area contributed by atoms with Crippen molar-refractivity contribution < 1.29 is 19.4 Å². The van der Waals surface area contributed by atoms with E-state index in [1.54, 1.807) is 24.3 Å². The average molecular weight is 346 g/mol. The van der Waals surface area contributed by atoms with Gasteiger partial charge in [0.15, 0.2) is 0 Å². The van der Waals surface area contributed by atoms with Gasteiger partial charge in [-0.05, 0) is 26.8 Å². The van der Waals surface area contributed by atoms with Gasteiger partial charge in [-0.3, -0.25) is 9.59 Å². The van der Waals surface area contributed by atoms with Crippen LogP contribution in [0.3, 0.4) is 0 Å². The molecule has 0 radical (unpaired) electrons. The molecular formula is C18H22N2O5. The van der Waals surface area contributed by atoms with Gasteiger partial charge < -0.3 is 20.1 Å². The molecule has 2 rings (SSSR count). The fraction of sp³-hybridized carbons (Fsp3) is 0.389. The van der Waals surface area contributed by atoms with E-state index in [9.17, 15) is 19.5 Å². The fourth-order valence-corrected chi connectivity index (χ4v) is 2.37. The maximum atomic E-state index is 12.5. The van der Waals surface area contributed by atoms with E-state index in [1.165, 1.54) is 6.07 Å². The van der Waals surface area contributed by atoms with Crippen LogP contribution in [-0.4, -0.2) is 40.2 Å². The van der Waals surface area contributed by atoms with Gasteiger partial charge in [0.05, 0.1) is 11.2 Å². The lowest BCUT2D eigenvalue weighted by atomic mass is 10.1. The van der Waals surface area contributed by atoms with Crippen LogP contribution in [0.2, 0.25) is 0 Å². The fourth-order valence-electron chi connectivity index (χ4n) is 2.37. The van der Waals surface area contributed by atoms with Crippen LogP contribution in [0.15, 0.2) is 35.1 Å². The number of carbonyl (C=O) groups excluding carboxylic acids is 1. The number of pyridine rings is 1. The number of rotatable bonds is 6. The number of amides is 1. The zero-order valence-electron chi connectivity index (χ0n) is 14.5. The minimum Gasteiger partial charge on any atom is -0.480 e. The topological polar surface area (TPSA) is 108 Å². The highest BCUT2D eigenvalue weighted by Gasteiger charge is 2.23. The summed E-state index contributed by atoms with van der Waals surface area (Å²) < 4.78 is 5.52. The highest BCUT2D eigenvalue weighted by atomic mass is 16.5. The molecule has 7 heteroatoms. The van der Waals surface area contributed by atoms with E-state index in [0.717, 1.165) is 0 Å². The molecule has 0 aliphatic rings. The molecule has 1 aromatic carbocycles. The average Bonchev–Trinajstić information content (AvgIpc) is 2.51. The second kappa shape index (κ2) is 7.48. The highest BCUT2D eigenvalue weighted by Crippen LogP contribution is 2.15. The number of ether oxygens (including phenoxy) is 1. The summed E-state index contributed by atoms with van der Waals surface area (Å²) in [5, 5.41) is 12.3. The largest absolute Gasteiger partial charge is 0.480 e. The number of H-pyrrole nitrogens is 1. The number of para-hydroxylation sites is 1. The molecule has 1 atom stereocenters.